The predicted octanol–water partition coefficient (Wildman–Crippen LogP) is 3.79. The van der Waals surface area contributed by atoms with Gasteiger partial charge in [0.25, 0.3) is 5.91 Å². The summed E-state index contributed by atoms with van der Waals surface area (Å²) in [6.45, 7) is 3.17. The second-order valence-corrected chi connectivity index (χ2v) is 7.94. The van der Waals surface area contributed by atoms with Gasteiger partial charge in [0, 0.05) is 56.9 Å². The van der Waals surface area contributed by atoms with E-state index in [9.17, 15) is 22.8 Å². The Bertz CT molecular complexity index is 951. The van der Waals surface area contributed by atoms with E-state index >= 15 is 0 Å². The van der Waals surface area contributed by atoms with E-state index in [2.05, 4.69) is 0 Å². The first-order chi connectivity index (χ1) is 14.8. The third kappa shape index (κ3) is 4.84. The van der Waals surface area contributed by atoms with Crippen LogP contribution in [0.25, 0.3) is 0 Å². The first kappa shape index (κ1) is 21.2. The molecule has 0 bridgehead atoms. The van der Waals surface area contributed by atoms with Crippen LogP contribution in [0.1, 0.15) is 34.3 Å². The van der Waals surface area contributed by atoms with Crippen molar-refractivity contribution in [2.45, 2.75) is 25.6 Å². The number of anilines is 1. The van der Waals surface area contributed by atoms with E-state index < -0.39 is 11.7 Å². The summed E-state index contributed by atoms with van der Waals surface area (Å²) in [4.78, 5) is 30.0. The van der Waals surface area contributed by atoms with E-state index in [1.807, 2.05) is 21.9 Å². The lowest BCUT2D eigenvalue weighted by molar-refractivity contribution is -0.137. The summed E-state index contributed by atoms with van der Waals surface area (Å²) < 4.78 is 38.9. The van der Waals surface area contributed by atoms with Crippen LogP contribution in [0.15, 0.2) is 48.5 Å². The number of hydrogen-bond acceptors (Lipinski definition) is 3. The molecule has 2 saturated heterocycles. The van der Waals surface area contributed by atoms with Crippen molar-refractivity contribution in [2.75, 3.05) is 37.6 Å². The fourth-order valence-corrected chi connectivity index (χ4v) is 4.07. The normalized spacial score (nSPS) is 17.4. The first-order valence-corrected chi connectivity index (χ1v) is 10.4. The molecule has 0 unspecified atom stereocenters. The molecule has 31 heavy (non-hydrogen) atoms. The number of rotatable bonds is 4. The van der Waals surface area contributed by atoms with E-state index in [0.717, 1.165) is 30.7 Å². The number of alkyl halides is 3. The second-order valence-electron chi connectivity index (χ2n) is 7.94. The molecule has 2 heterocycles. The topological polar surface area (TPSA) is 43.9 Å². The van der Waals surface area contributed by atoms with E-state index in [-0.39, 0.29) is 11.8 Å². The molecular weight excluding hydrogens is 407 g/mol. The van der Waals surface area contributed by atoms with Gasteiger partial charge in [-0.1, -0.05) is 18.2 Å². The summed E-state index contributed by atoms with van der Waals surface area (Å²) in [6.07, 6.45) is -2.88. The molecule has 2 amide bonds. The third-order valence-electron chi connectivity index (χ3n) is 5.85. The minimum atomic E-state index is -4.37. The van der Waals surface area contributed by atoms with Gasteiger partial charge in [-0.2, -0.15) is 13.2 Å². The van der Waals surface area contributed by atoms with Gasteiger partial charge in [0.1, 0.15) is 0 Å². The molecule has 0 N–H and O–H groups in total. The zero-order valence-electron chi connectivity index (χ0n) is 17.1. The molecule has 0 aromatic heterocycles. The van der Waals surface area contributed by atoms with E-state index in [1.165, 1.54) is 6.07 Å². The molecule has 0 atom stereocenters. The molecule has 4 rings (SSSR count). The molecule has 2 aliphatic rings. The van der Waals surface area contributed by atoms with Crippen LogP contribution in [-0.2, 0) is 17.5 Å². The number of likely N-dealkylation sites (tertiary alicyclic amines) is 1. The van der Waals surface area contributed by atoms with Gasteiger partial charge >= 0.3 is 6.18 Å². The lowest BCUT2D eigenvalue weighted by atomic mass is 10.1. The Labute approximate surface area is 179 Å². The maximum atomic E-state index is 13.0. The smallest absolute Gasteiger partial charge is 0.368 e. The first-order valence-electron chi connectivity index (χ1n) is 10.4. The van der Waals surface area contributed by atoms with Crippen molar-refractivity contribution in [1.82, 2.24) is 9.80 Å². The van der Waals surface area contributed by atoms with Crippen LogP contribution in [0.3, 0.4) is 0 Å². The van der Waals surface area contributed by atoms with Gasteiger partial charge in [-0.25, -0.2) is 0 Å². The van der Waals surface area contributed by atoms with Gasteiger partial charge in [-0.05, 0) is 42.3 Å². The highest BCUT2D eigenvalue weighted by Crippen LogP contribution is 2.32. The van der Waals surface area contributed by atoms with E-state index in [4.69, 9.17) is 0 Å². The number of hydrogen-bond donors (Lipinski definition) is 0. The maximum Gasteiger partial charge on any atom is 0.416 e. The minimum absolute atomic E-state index is 0.0903. The number of carbonyl (C=O) groups is 2. The SMILES string of the molecule is O=C1CCCN1Cc1ccc(C(=O)N2CCN(c3cccc(C(F)(F)F)c3)CC2)cc1. The van der Waals surface area contributed by atoms with Gasteiger partial charge in [0.15, 0.2) is 0 Å². The Hall–Kier alpha value is -3.03. The quantitative estimate of drug-likeness (QED) is 0.740. The molecule has 0 spiro atoms. The summed E-state index contributed by atoms with van der Waals surface area (Å²) in [5.41, 5.74) is 1.41. The van der Waals surface area contributed by atoms with E-state index in [1.54, 1.807) is 23.1 Å². The Balaban J connectivity index is 1.34. The van der Waals surface area contributed by atoms with Gasteiger partial charge in [0.05, 0.1) is 5.56 Å². The predicted molar refractivity (Wildman–Crippen MR) is 111 cm³/mol. The lowest BCUT2D eigenvalue weighted by Crippen LogP contribution is -2.48. The number of halogens is 3. The fourth-order valence-electron chi connectivity index (χ4n) is 4.07. The van der Waals surface area contributed by atoms with Crippen LogP contribution < -0.4 is 4.90 Å². The number of carbonyl (C=O) groups excluding carboxylic acids is 2. The van der Waals surface area contributed by atoms with Crippen molar-refractivity contribution < 1.29 is 22.8 Å². The fraction of sp³-hybridized carbons (Fsp3) is 0.391. The second kappa shape index (κ2) is 8.61. The van der Waals surface area contributed by atoms with E-state index in [0.29, 0.717) is 50.4 Å². The summed E-state index contributed by atoms with van der Waals surface area (Å²) in [5, 5.41) is 0. The molecule has 8 heteroatoms. The highest BCUT2D eigenvalue weighted by molar-refractivity contribution is 5.94. The van der Waals surface area contributed by atoms with Crippen molar-refractivity contribution in [1.29, 1.82) is 0 Å². The van der Waals surface area contributed by atoms with Gasteiger partial charge in [-0.15, -0.1) is 0 Å². The highest BCUT2D eigenvalue weighted by Gasteiger charge is 2.31. The molecule has 0 saturated carbocycles. The summed E-state index contributed by atoms with van der Waals surface area (Å²) in [7, 11) is 0. The third-order valence-corrected chi connectivity index (χ3v) is 5.85. The van der Waals surface area contributed by atoms with Gasteiger partial charge in [-0.3, -0.25) is 9.59 Å². The number of benzene rings is 2. The van der Waals surface area contributed by atoms with Crippen molar-refractivity contribution in [2.24, 2.45) is 0 Å². The summed E-state index contributed by atoms with van der Waals surface area (Å²) in [6, 6.07) is 12.6. The van der Waals surface area contributed by atoms with Crippen molar-refractivity contribution in [3.05, 3.63) is 65.2 Å². The Morgan fingerprint density at radius 3 is 2.26 bits per heavy atom. The molecule has 2 aromatic carbocycles. The Kier molecular flexibility index (Phi) is 5.89. The number of nitrogens with zero attached hydrogens (tertiary/aromatic N) is 3. The largest absolute Gasteiger partial charge is 0.416 e. The van der Waals surface area contributed by atoms with Crippen molar-refractivity contribution >= 4 is 17.5 Å². The summed E-state index contributed by atoms with van der Waals surface area (Å²) >= 11 is 0. The van der Waals surface area contributed by atoms with Crippen LogP contribution in [-0.4, -0.2) is 54.3 Å². The van der Waals surface area contributed by atoms with Crippen LogP contribution in [0.5, 0.6) is 0 Å². The molecule has 164 valence electrons. The average Bonchev–Trinajstić information content (AvgIpc) is 3.18. The lowest BCUT2D eigenvalue weighted by Gasteiger charge is -2.36. The number of piperazine rings is 1. The molecule has 5 nitrogen and oxygen atoms in total. The van der Waals surface area contributed by atoms with Crippen LogP contribution >= 0.6 is 0 Å². The summed E-state index contributed by atoms with van der Waals surface area (Å²) in [5.74, 6) is 0.0753. The maximum absolute atomic E-state index is 13.0. The molecule has 0 radical (unpaired) electrons. The number of amides is 2. The van der Waals surface area contributed by atoms with Crippen LogP contribution in [0.2, 0.25) is 0 Å². The zero-order valence-corrected chi connectivity index (χ0v) is 17.1. The van der Waals surface area contributed by atoms with Crippen molar-refractivity contribution in [3.8, 4) is 0 Å². The van der Waals surface area contributed by atoms with Crippen LogP contribution in [0.4, 0.5) is 18.9 Å². The highest BCUT2D eigenvalue weighted by atomic mass is 19.4. The molecule has 2 aromatic rings. The monoisotopic (exact) mass is 431 g/mol. The Morgan fingerprint density at radius 2 is 1.65 bits per heavy atom. The Morgan fingerprint density at radius 1 is 0.935 bits per heavy atom. The van der Waals surface area contributed by atoms with Crippen LogP contribution in [0, 0.1) is 0 Å². The average molecular weight is 431 g/mol. The molecule has 2 fully saturated rings. The standard InChI is InChI=1S/C23H24F3N3O2/c24-23(25,26)19-3-1-4-20(15-19)27-11-13-28(14-12-27)22(31)18-8-6-17(7-9-18)16-29-10-2-5-21(29)30/h1,3-4,6-9,15H,2,5,10-14,16H2. The van der Waals surface area contributed by atoms with Gasteiger partial charge in [0.2, 0.25) is 5.91 Å². The molecule has 0 aliphatic carbocycles. The van der Waals surface area contributed by atoms with Gasteiger partial charge < -0.3 is 14.7 Å². The zero-order chi connectivity index (χ0) is 22.0. The molecule has 2 aliphatic heterocycles. The van der Waals surface area contributed by atoms with Crippen molar-refractivity contribution in [3.63, 3.8) is 0 Å². The molecular formula is C23H24F3N3O2. The minimum Gasteiger partial charge on any atom is -0.368 e.